The first kappa shape index (κ1) is 22.4. The van der Waals surface area contributed by atoms with E-state index in [0.29, 0.717) is 18.0 Å². The number of ether oxygens (including phenoxy) is 2. The molecular weight excluding hydrogens is 417 g/mol. The lowest BCUT2D eigenvalue weighted by atomic mass is 10.1. The van der Waals surface area contributed by atoms with Gasteiger partial charge in [-0.2, -0.15) is 0 Å². The highest BCUT2D eigenvalue weighted by Gasteiger charge is 2.12. The van der Waals surface area contributed by atoms with Gasteiger partial charge < -0.3 is 20.1 Å². The number of methoxy groups -OCH3 is 1. The number of hydrogen-bond donors (Lipinski definition) is 2. The number of aliphatic imine (C=N–C) groups is 1. The van der Waals surface area contributed by atoms with Crippen LogP contribution in [0.15, 0.2) is 23.2 Å². The van der Waals surface area contributed by atoms with Crippen molar-refractivity contribution in [2.24, 2.45) is 4.99 Å². The molecule has 0 aliphatic carbocycles. The van der Waals surface area contributed by atoms with Crippen LogP contribution in [0.1, 0.15) is 33.3 Å². The Bertz CT molecular complexity index is 575. The summed E-state index contributed by atoms with van der Waals surface area (Å²) in [5, 5.41) is 6.59. The summed E-state index contributed by atoms with van der Waals surface area (Å²) in [5.41, 5.74) is 0.964. The van der Waals surface area contributed by atoms with Crippen LogP contribution in [0.4, 0.5) is 0 Å². The van der Waals surface area contributed by atoms with Crippen molar-refractivity contribution in [3.8, 4) is 23.8 Å². The van der Waals surface area contributed by atoms with Crippen molar-refractivity contribution in [1.82, 2.24) is 10.6 Å². The van der Waals surface area contributed by atoms with Crippen molar-refractivity contribution in [3.63, 3.8) is 0 Å². The van der Waals surface area contributed by atoms with Crippen LogP contribution in [0.2, 0.25) is 0 Å². The van der Waals surface area contributed by atoms with E-state index in [-0.39, 0.29) is 36.1 Å². The van der Waals surface area contributed by atoms with Crippen LogP contribution in [-0.2, 0) is 6.54 Å². The van der Waals surface area contributed by atoms with Gasteiger partial charge in [0.25, 0.3) is 0 Å². The molecule has 1 aromatic rings. The van der Waals surface area contributed by atoms with E-state index in [4.69, 9.17) is 15.9 Å². The van der Waals surface area contributed by atoms with Crippen LogP contribution in [-0.4, -0.2) is 31.8 Å². The number of benzene rings is 1. The number of guanidine groups is 1. The van der Waals surface area contributed by atoms with Gasteiger partial charge in [0.1, 0.15) is 6.61 Å². The zero-order chi connectivity index (χ0) is 17.3. The number of rotatable bonds is 6. The minimum Gasteiger partial charge on any atom is -0.493 e. The average molecular weight is 445 g/mol. The molecule has 0 saturated heterocycles. The number of nitrogens with zero attached hydrogens (tertiary/aromatic N) is 1. The van der Waals surface area contributed by atoms with Crippen molar-refractivity contribution < 1.29 is 9.47 Å². The Balaban J connectivity index is 0.00000529. The second kappa shape index (κ2) is 11.0. The normalized spacial score (nSPS) is 11.1. The quantitative estimate of drug-likeness (QED) is 0.306. The maximum Gasteiger partial charge on any atom is 0.191 e. The number of halogens is 1. The van der Waals surface area contributed by atoms with Gasteiger partial charge in [-0.05, 0) is 45.4 Å². The molecule has 0 bridgehead atoms. The van der Waals surface area contributed by atoms with E-state index in [1.165, 1.54) is 0 Å². The van der Waals surface area contributed by atoms with Gasteiger partial charge in [0.15, 0.2) is 17.5 Å². The Morgan fingerprint density at radius 3 is 2.54 bits per heavy atom. The highest BCUT2D eigenvalue weighted by atomic mass is 127. The third-order valence-electron chi connectivity index (χ3n) is 2.80. The van der Waals surface area contributed by atoms with Crippen molar-refractivity contribution in [1.29, 1.82) is 0 Å². The second-order valence-corrected chi connectivity index (χ2v) is 6.05. The SMILES string of the molecule is C#CCOc1cc(CN=C(NCC)NC(C)(C)C)ccc1OC.I. The van der Waals surface area contributed by atoms with Crippen molar-refractivity contribution >= 4 is 29.9 Å². The molecule has 134 valence electrons. The molecule has 0 aliphatic rings. The minimum atomic E-state index is -0.0536. The second-order valence-electron chi connectivity index (χ2n) is 6.05. The summed E-state index contributed by atoms with van der Waals surface area (Å²) in [6.45, 7) is 9.87. The Morgan fingerprint density at radius 1 is 1.29 bits per heavy atom. The number of nitrogens with one attached hydrogen (secondary N) is 2. The molecule has 0 unspecified atom stereocenters. The lowest BCUT2D eigenvalue weighted by Gasteiger charge is -2.23. The molecule has 0 radical (unpaired) electrons. The monoisotopic (exact) mass is 445 g/mol. The van der Waals surface area contributed by atoms with Gasteiger partial charge >= 0.3 is 0 Å². The van der Waals surface area contributed by atoms with Crippen molar-refractivity contribution in [2.75, 3.05) is 20.3 Å². The zero-order valence-corrected chi connectivity index (χ0v) is 17.4. The van der Waals surface area contributed by atoms with Gasteiger partial charge in [-0.3, -0.25) is 0 Å². The van der Waals surface area contributed by atoms with E-state index in [1.54, 1.807) is 7.11 Å². The van der Waals surface area contributed by atoms with E-state index in [9.17, 15) is 0 Å². The highest BCUT2D eigenvalue weighted by molar-refractivity contribution is 14.0. The summed E-state index contributed by atoms with van der Waals surface area (Å²) in [5.74, 6) is 4.53. The van der Waals surface area contributed by atoms with Crippen LogP contribution < -0.4 is 20.1 Å². The summed E-state index contributed by atoms with van der Waals surface area (Å²) in [6.07, 6.45) is 5.24. The molecule has 0 atom stereocenters. The average Bonchev–Trinajstić information content (AvgIpc) is 2.49. The lowest BCUT2D eigenvalue weighted by molar-refractivity contribution is 0.330. The molecule has 0 aromatic heterocycles. The largest absolute Gasteiger partial charge is 0.493 e. The summed E-state index contributed by atoms with van der Waals surface area (Å²) in [4.78, 5) is 4.60. The highest BCUT2D eigenvalue weighted by Crippen LogP contribution is 2.28. The standard InChI is InChI=1S/C18H27N3O2.HI/c1-7-11-23-16-12-14(9-10-15(16)22-6)13-20-17(19-8-2)21-18(3,4)5;/h1,9-10,12H,8,11,13H2,2-6H3,(H2,19,20,21);1H. The number of hydrogen-bond acceptors (Lipinski definition) is 3. The van der Waals surface area contributed by atoms with Crippen LogP contribution in [0, 0.1) is 12.3 Å². The van der Waals surface area contributed by atoms with E-state index >= 15 is 0 Å². The van der Waals surface area contributed by atoms with Crippen molar-refractivity contribution in [3.05, 3.63) is 23.8 Å². The fraction of sp³-hybridized carbons (Fsp3) is 0.500. The van der Waals surface area contributed by atoms with Crippen LogP contribution in [0.5, 0.6) is 11.5 Å². The summed E-state index contributed by atoms with van der Waals surface area (Å²) < 4.78 is 10.8. The summed E-state index contributed by atoms with van der Waals surface area (Å²) in [6, 6.07) is 5.73. The van der Waals surface area contributed by atoms with Gasteiger partial charge in [-0.1, -0.05) is 12.0 Å². The maximum absolute atomic E-state index is 5.51. The molecule has 0 saturated carbocycles. The fourth-order valence-corrected chi connectivity index (χ4v) is 1.88. The Hall–Kier alpha value is -1.62. The number of terminal acetylenes is 1. The fourth-order valence-electron chi connectivity index (χ4n) is 1.88. The first-order valence-corrected chi connectivity index (χ1v) is 7.69. The Kier molecular flexibility index (Phi) is 10.3. The molecule has 5 nitrogen and oxygen atoms in total. The van der Waals surface area contributed by atoms with E-state index in [0.717, 1.165) is 18.1 Å². The predicted octanol–water partition coefficient (Wildman–Crippen LogP) is 3.18. The third kappa shape index (κ3) is 8.29. The molecule has 0 spiro atoms. The molecule has 1 rings (SSSR count). The van der Waals surface area contributed by atoms with Crippen LogP contribution in [0.3, 0.4) is 0 Å². The first-order chi connectivity index (χ1) is 10.9. The minimum absolute atomic E-state index is 0. The van der Waals surface area contributed by atoms with E-state index in [1.807, 2.05) is 25.1 Å². The van der Waals surface area contributed by atoms with E-state index < -0.39 is 0 Å². The molecule has 0 fully saturated rings. The predicted molar refractivity (Wildman–Crippen MR) is 110 cm³/mol. The molecule has 0 amide bonds. The third-order valence-corrected chi connectivity index (χ3v) is 2.80. The smallest absolute Gasteiger partial charge is 0.191 e. The lowest BCUT2D eigenvalue weighted by Crippen LogP contribution is -2.47. The Labute approximate surface area is 162 Å². The van der Waals surface area contributed by atoms with Gasteiger partial charge in [0.2, 0.25) is 0 Å². The zero-order valence-electron chi connectivity index (χ0n) is 15.1. The Morgan fingerprint density at radius 2 is 2.00 bits per heavy atom. The van der Waals surface area contributed by atoms with Gasteiger partial charge in [-0.15, -0.1) is 30.4 Å². The van der Waals surface area contributed by atoms with Gasteiger partial charge in [-0.25, -0.2) is 4.99 Å². The molecule has 1 aromatic carbocycles. The summed E-state index contributed by atoms with van der Waals surface area (Å²) >= 11 is 0. The van der Waals surface area contributed by atoms with Crippen LogP contribution >= 0.6 is 24.0 Å². The molecule has 24 heavy (non-hydrogen) atoms. The van der Waals surface area contributed by atoms with Gasteiger partial charge in [0, 0.05) is 12.1 Å². The van der Waals surface area contributed by atoms with E-state index in [2.05, 4.69) is 42.3 Å². The molecule has 0 heterocycles. The molecule has 0 aliphatic heterocycles. The van der Waals surface area contributed by atoms with Gasteiger partial charge in [0.05, 0.1) is 13.7 Å². The molecular formula is C18H28IN3O2. The topological polar surface area (TPSA) is 54.9 Å². The maximum atomic E-state index is 5.51. The van der Waals surface area contributed by atoms with Crippen molar-refractivity contribution in [2.45, 2.75) is 39.8 Å². The summed E-state index contributed by atoms with van der Waals surface area (Å²) in [7, 11) is 1.60. The first-order valence-electron chi connectivity index (χ1n) is 7.69. The molecule has 6 heteroatoms. The molecule has 2 N–H and O–H groups in total. The van der Waals surface area contributed by atoms with Crippen LogP contribution in [0.25, 0.3) is 0 Å².